The van der Waals surface area contributed by atoms with Crippen LogP contribution in [0.4, 0.5) is 0 Å². The highest BCUT2D eigenvalue weighted by molar-refractivity contribution is 7.99. The SMILES string of the molecule is Cc1sc2nc(SCC(=O)NCC(=O)O)n(C3CCCC3)c(=O)c2c1C. The highest BCUT2D eigenvalue weighted by atomic mass is 32.2. The molecular formula is C17H21N3O4S2. The zero-order valence-electron chi connectivity index (χ0n) is 14.7. The van der Waals surface area contributed by atoms with Gasteiger partial charge in [0.05, 0.1) is 11.1 Å². The molecule has 1 aliphatic carbocycles. The molecule has 0 atom stereocenters. The monoisotopic (exact) mass is 395 g/mol. The van der Waals surface area contributed by atoms with Gasteiger partial charge in [-0.2, -0.15) is 0 Å². The van der Waals surface area contributed by atoms with Crippen molar-refractivity contribution >= 4 is 45.2 Å². The maximum Gasteiger partial charge on any atom is 0.322 e. The van der Waals surface area contributed by atoms with E-state index in [1.807, 2.05) is 13.8 Å². The number of rotatable bonds is 6. The van der Waals surface area contributed by atoms with Crippen LogP contribution in [0.5, 0.6) is 0 Å². The van der Waals surface area contributed by atoms with Crippen LogP contribution in [0, 0.1) is 13.8 Å². The fourth-order valence-electron chi connectivity index (χ4n) is 3.23. The van der Waals surface area contributed by atoms with Crippen LogP contribution in [0.25, 0.3) is 10.2 Å². The standard InChI is InChI=1S/C17H21N3O4S2/c1-9-10(2)26-15-14(9)16(24)20(11-5-3-4-6-11)17(19-15)25-8-12(21)18-7-13(22)23/h11H,3-8H2,1-2H3,(H,18,21)(H,22,23). The first kappa shape index (κ1) is 18.9. The summed E-state index contributed by atoms with van der Waals surface area (Å²) in [6, 6.07) is 0.114. The largest absolute Gasteiger partial charge is 0.480 e. The van der Waals surface area contributed by atoms with E-state index in [1.165, 1.54) is 23.1 Å². The third kappa shape index (κ3) is 3.78. The number of carboxylic acids is 1. The van der Waals surface area contributed by atoms with Crippen molar-refractivity contribution in [3.05, 3.63) is 20.8 Å². The van der Waals surface area contributed by atoms with Crippen molar-refractivity contribution in [1.82, 2.24) is 14.9 Å². The first-order valence-corrected chi connectivity index (χ1v) is 10.3. The molecule has 0 saturated heterocycles. The summed E-state index contributed by atoms with van der Waals surface area (Å²) < 4.78 is 1.75. The molecule has 0 unspecified atom stereocenters. The van der Waals surface area contributed by atoms with Crippen molar-refractivity contribution in [3.63, 3.8) is 0 Å². The molecular weight excluding hydrogens is 374 g/mol. The molecule has 1 saturated carbocycles. The number of amides is 1. The zero-order chi connectivity index (χ0) is 18.8. The van der Waals surface area contributed by atoms with Gasteiger partial charge < -0.3 is 10.4 Å². The molecule has 0 spiro atoms. The van der Waals surface area contributed by atoms with Gasteiger partial charge in [0.1, 0.15) is 11.4 Å². The van der Waals surface area contributed by atoms with E-state index >= 15 is 0 Å². The number of nitrogens with one attached hydrogen (secondary N) is 1. The normalized spacial score (nSPS) is 14.8. The lowest BCUT2D eigenvalue weighted by molar-refractivity contribution is -0.137. The predicted octanol–water partition coefficient (Wildman–Crippen LogP) is 2.48. The molecule has 0 aromatic carbocycles. The van der Waals surface area contributed by atoms with Crippen molar-refractivity contribution < 1.29 is 14.7 Å². The van der Waals surface area contributed by atoms with Gasteiger partial charge in [-0.05, 0) is 32.3 Å². The van der Waals surface area contributed by atoms with Gasteiger partial charge in [-0.25, -0.2) is 4.98 Å². The van der Waals surface area contributed by atoms with Crippen molar-refractivity contribution in [3.8, 4) is 0 Å². The van der Waals surface area contributed by atoms with E-state index in [1.54, 1.807) is 4.57 Å². The van der Waals surface area contributed by atoms with Crippen LogP contribution in [0.15, 0.2) is 9.95 Å². The third-order valence-corrected chi connectivity index (χ3v) is 6.72. The second-order valence-electron chi connectivity index (χ2n) is 6.43. The van der Waals surface area contributed by atoms with Crippen LogP contribution in [0.2, 0.25) is 0 Å². The molecule has 0 bridgehead atoms. The van der Waals surface area contributed by atoms with Crippen molar-refractivity contribution in [1.29, 1.82) is 0 Å². The van der Waals surface area contributed by atoms with Crippen molar-refractivity contribution in [2.45, 2.75) is 50.7 Å². The number of aryl methyl sites for hydroxylation is 2. The van der Waals surface area contributed by atoms with Gasteiger partial charge in [0.15, 0.2) is 5.16 Å². The Morgan fingerprint density at radius 3 is 2.69 bits per heavy atom. The molecule has 2 aromatic heterocycles. The minimum Gasteiger partial charge on any atom is -0.480 e. The van der Waals surface area contributed by atoms with Crippen LogP contribution < -0.4 is 10.9 Å². The topological polar surface area (TPSA) is 101 Å². The molecule has 2 aromatic rings. The maximum atomic E-state index is 13.2. The number of nitrogens with zero attached hydrogens (tertiary/aromatic N) is 2. The lowest BCUT2D eigenvalue weighted by Crippen LogP contribution is -2.31. The molecule has 0 radical (unpaired) electrons. The van der Waals surface area contributed by atoms with E-state index < -0.39 is 12.5 Å². The van der Waals surface area contributed by atoms with Gasteiger partial charge in [0.25, 0.3) is 5.56 Å². The van der Waals surface area contributed by atoms with Gasteiger partial charge in [0.2, 0.25) is 5.91 Å². The Hall–Kier alpha value is -1.87. The summed E-state index contributed by atoms with van der Waals surface area (Å²) in [6.45, 7) is 3.51. The zero-order valence-corrected chi connectivity index (χ0v) is 16.3. The Bertz CT molecular complexity index is 913. The summed E-state index contributed by atoms with van der Waals surface area (Å²) in [5.74, 6) is -1.44. The Labute approximate surface area is 158 Å². The van der Waals surface area contributed by atoms with E-state index in [-0.39, 0.29) is 23.3 Å². The lowest BCUT2D eigenvalue weighted by Gasteiger charge is -2.17. The van der Waals surface area contributed by atoms with Crippen LogP contribution >= 0.6 is 23.1 Å². The van der Waals surface area contributed by atoms with Crippen LogP contribution in [-0.4, -0.2) is 38.8 Å². The fourth-order valence-corrected chi connectivity index (χ4v) is 5.20. The number of thiophene rings is 1. The van der Waals surface area contributed by atoms with Crippen LogP contribution in [0.3, 0.4) is 0 Å². The lowest BCUT2D eigenvalue weighted by atomic mass is 10.2. The summed E-state index contributed by atoms with van der Waals surface area (Å²) in [5, 5.41) is 12.2. The summed E-state index contributed by atoms with van der Waals surface area (Å²) in [5.41, 5.74) is 0.946. The van der Waals surface area contributed by atoms with E-state index in [0.29, 0.717) is 15.4 Å². The number of aliphatic carboxylic acids is 1. The van der Waals surface area contributed by atoms with E-state index in [4.69, 9.17) is 5.11 Å². The highest BCUT2D eigenvalue weighted by Crippen LogP contribution is 2.34. The molecule has 140 valence electrons. The van der Waals surface area contributed by atoms with Crippen LogP contribution in [-0.2, 0) is 9.59 Å². The third-order valence-electron chi connectivity index (χ3n) is 4.66. The number of hydrogen-bond donors (Lipinski definition) is 2. The quantitative estimate of drug-likeness (QED) is 0.576. The van der Waals surface area contributed by atoms with E-state index in [9.17, 15) is 14.4 Å². The fraction of sp³-hybridized carbons (Fsp3) is 0.529. The minimum absolute atomic E-state index is 0.0291. The number of aromatic nitrogens is 2. The molecule has 1 amide bonds. The molecule has 9 heteroatoms. The summed E-state index contributed by atoms with van der Waals surface area (Å²) in [6.07, 6.45) is 4.04. The highest BCUT2D eigenvalue weighted by Gasteiger charge is 2.25. The van der Waals surface area contributed by atoms with Gasteiger partial charge in [-0.15, -0.1) is 11.3 Å². The molecule has 3 rings (SSSR count). The molecule has 2 N–H and O–H groups in total. The molecule has 26 heavy (non-hydrogen) atoms. The average Bonchev–Trinajstić information content (AvgIpc) is 3.20. The smallest absolute Gasteiger partial charge is 0.322 e. The summed E-state index contributed by atoms with van der Waals surface area (Å²) >= 11 is 2.68. The number of carbonyl (C=O) groups is 2. The molecule has 0 aliphatic heterocycles. The van der Waals surface area contributed by atoms with Gasteiger partial charge in [0, 0.05) is 10.9 Å². The molecule has 2 heterocycles. The Balaban J connectivity index is 1.94. The Morgan fingerprint density at radius 1 is 1.35 bits per heavy atom. The number of carbonyl (C=O) groups excluding carboxylic acids is 1. The molecule has 1 aliphatic rings. The second kappa shape index (κ2) is 7.79. The van der Waals surface area contributed by atoms with Crippen LogP contribution in [0.1, 0.15) is 42.2 Å². The number of thioether (sulfide) groups is 1. The second-order valence-corrected chi connectivity index (χ2v) is 8.58. The van der Waals surface area contributed by atoms with Crippen molar-refractivity contribution in [2.24, 2.45) is 0 Å². The Morgan fingerprint density at radius 2 is 2.04 bits per heavy atom. The average molecular weight is 396 g/mol. The number of carboxylic acid groups (broad SMARTS) is 1. The van der Waals surface area contributed by atoms with Crippen molar-refractivity contribution in [2.75, 3.05) is 12.3 Å². The maximum absolute atomic E-state index is 13.2. The van der Waals surface area contributed by atoms with Gasteiger partial charge >= 0.3 is 5.97 Å². The first-order chi connectivity index (χ1) is 12.4. The summed E-state index contributed by atoms with van der Waals surface area (Å²) in [4.78, 5) is 42.0. The molecule has 1 fully saturated rings. The first-order valence-electron chi connectivity index (χ1n) is 8.52. The number of hydrogen-bond acceptors (Lipinski definition) is 6. The minimum atomic E-state index is -1.09. The predicted molar refractivity (Wildman–Crippen MR) is 102 cm³/mol. The Kier molecular flexibility index (Phi) is 5.67. The van der Waals surface area contributed by atoms with E-state index in [0.717, 1.165) is 36.1 Å². The van der Waals surface area contributed by atoms with Gasteiger partial charge in [-0.3, -0.25) is 19.0 Å². The van der Waals surface area contributed by atoms with Gasteiger partial charge in [-0.1, -0.05) is 24.6 Å². The van der Waals surface area contributed by atoms with E-state index in [2.05, 4.69) is 10.3 Å². The number of fused-ring (bicyclic) bond motifs is 1. The molecule has 7 nitrogen and oxygen atoms in total. The summed E-state index contributed by atoms with van der Waals surface area (Å²) in [7, 11) is 0.